The summed E-state index contributed by atoms with van der Waals surface area (Å²) in [5.41, 5.74) is 5.84. The first-order valence-corrected chi connectivity index (χ1v) is 14.8. The fourth-order valence-corrected chi connectivity index (χ4v) is 5.82. The smallest absolute Gasteiger partial charge is 0.264 e. The number of nitrogens with one attached hydrogen (secondary N) is 3. The number of aliphatic hydroxyl groups is 1. The summed E-state index contributed by atoms with van der Waals surface area (Å²) in [6, 6.07) is 14.7. The van der Waals surface area contributed by atoms with Gasteiger partial charge in [0.2, 0.25) is 12.3 Å². The minimum atomic E-state index is -1.15. The van der Waals surface area contributed by atoms with Gasteiger partial charge in [0.15, 0.2) is 0 Å². The lowest BCUT2D eigenvalue weighted by Gasteiger charge is -2.35. The molecule has 0 radical (unpaired) electrons. The van der Waals surface area contributed by atoms with Crippen LogP contribution in [0.1, 0.15) is 29.5 Å². The molecular formula is C34H38FN5O5. The molecule has 0 spiro atoms. The van der Waals surface area contributed by atoms with E-state index in [4.69, 9.17) is 4.74 Å². The fraction of sp³-hybridized carbons (Fsp3) is 0.324. The number of methoxy groups -OCH3 is 1. The van der Waals surface area contributed by atoms with E-state index in [1.165, 1.54) is 31.3 Å². The number of halogens is 1. The molecular weight excluding hydrogens is 577 g/mol. The van der Waals surface area contributed by atoms with Crippen LogP contribution < -0.4 is 20.7 Å². The molecule has 3 aromatic rings. The number of piperidine rings is 1. The molecule has 4 N–H and O–H groups in total. The molecule has 0 aliphatic carbocycles. The zero-order chi connectivity index (χ0) is 32.4. The van der Waals surface area contributed by atoms with Crippen molar-refractivity contribution in [2.24, 2.45) is 0 Å². The molecule has 45 heavy (non-hydrogen) atoms. The highest BCUT2D eigenvalue weighted by atomic mass is 19.1. The normalized spacial score (nSPS) is 18.4. The van der Waals surface area contributed by atoms with E-state index in [2.05, 4.69) is 16.0 Å². The second-order valence-corrected chi connectivity index (χ2v) is 11.4. The summed E-state index contributed by atoms with van der Waals surface area (Å²) in [6.07, 6.45) is 1.32. The molecule has 10 nitrogen and oxygen atoms in total. The molecule has 2 heterocycles. The average Bonchev–Trinajstić information content (AvgIpc) is 3.03. The Hall–Kier alpha value is -4.74. The highest BCUT2D eigenvalue weighted by Crippen LogP contribution is 2.38. The van der Waals surface area contributed by atoms with Crippen molar-refractivity contribution in [2.75, 3.05) is 33.1 Å². The number of ether oxygens (including phenoxy) is 1. The van der Waals surface area contributed by atoms with Gasteiger partial charge in [-0.3, -0.25) is 19.3 Å². The maximum atomic E-state index is 15.6. The van der Waals surface area contributed by atoms with Crippen molar-refractivity contribution in [3.8, 4) is 28.0 Å². The predicted octanol–water partition coefficient (Wildman–Crippen LogP) is 3.66. The summed E-state index contributed by atoms with van der Waals surface area (Å²) >= 11 is 0. The molecule has 1 unspecified atom stereocenters. The van der Waals surface area contributed by atoms with E-state index in [1.54, 1.807) is 13.1 Å². The summed E-state index contributed by atoms with van der Waals surface area (Å²) in [7, 11) is 4.52. The van der Waals surface area contributed by atoms with Gasteiger partial charge in [0.25, 0.3) is 11.8 Å². The van der Waals surface area contributed by atoms with Crippen molar-refractivity contribution in [3.63, 3.8) is 0 Å². The van der Waals surface area contributed by atoms with E-state index in [-0.39, 0.29) is 24.1 Å². The van der Waals surface area contributed by atoms with Crippen molar-refractivity contribution in [3.05, 3.63) is 82.8 Å². The quantitative estimate of drug-likeness (QED) is 0.286. The third kappa shape index (κ3) is 6.40. The monoisotopic (exact) mass is 615 g/mol. The van der Waals surface area contributed by atoms with Crippen LogP contribution in [0, 0.1) is 19.7 Å². The third-order valence-electron chi connectivity index (χ3n) is 8.56. The number of nitrogens with zero attached hydrogens (tertiary/aromatic N) is 2. The van der Waals surface area contributed by atoms with Crippen molar-refractivity contribution in [1.82, 2.24) is 20.4 Å². The molecule has 1 saturated heterocycles. The average molecular weight is 616 g/mol. The third-order valence-corrected chi connectivity index (χ3v) is 8.56. The zero-order valence-corrected chi connectivity index (χ0v) is 26.0. The van der Waals surface area contributed by atoms with Crippen LogP contribution in [0.15, 0.2) is 60.3 Å². The Morgan fingerprint density at radius 2 is 1.76 bits per heavy atom. The van der Waals surface area contributed by atoms with Crippen molar-refractivity contribution in [1.29, 1.82) is 0 Å². The maximum Gasteiger partial charge on any atom is 0.264 e. The van der Waals surface area contributed by atoms with Crippen LogP contribution in [0.25, 0.3) is 22.3 Å². The number of carbonyl (C=O) groups is 3. The fourth-order valence-electron chi connectivity index (χ4n) is 5.82. The van der Waals surface area contributed by atoms with Crippen molar-refractivity contribution in [2.45, 2.75) is 45.6 Å². The Morgan fingerprint density at radius 1 is 1.07 bits per heavy atom. The molecule has 3 amide bonds. The highest BCUT2D eigenvalue weighted by molar-refractivity contribution is 6.23. The molecule has 2 aliphatic rings. The first-order chi connectivity index (χ1) is 21.5. The van der Waals surface area contributed by atoms with Gasteiger partial charge in [0.05, 0.1) is 7.11 Å². The van der Waals surface area contributed by atoms with E-state index in [0.29, 0.717) is 42.0 Å². The molecule has 2 aliphatic heterocycles. The molecule has 0 bridgehead atoms. The Kier molecular flexibility index (Phi) is 9.21. The number of hydrogen-bond donors (Lipinski definition) is 4. The molecule has 11 heteroatoms. The number of amides is 3. The summed E-state index contributed by atoms with van der Waals surface area (Å²) in [5, 5.41) is 19.1. The van der Waals surface area contributed by atoms with E-state index in [0.717, 1.165) is 32.7 Å². The van der Waals surface area contributed by atoms with Gasteiger partial charge in [0, 0.05) is 57.1 Å². The SMILES string of the molecule is COc1cc(-c2cccc(-c3cccc(NC(=O)C4=CN(C)C(O)N(C)C4=O)c3C)c2C)cc(F)c1CN[C@@H]1CCC(=O)NC1. The number of aliphatic hydroxyl groups excluding tert-OH is 1. The molecule has 236 valence electrons. The number of carbonyl (C=O) groups excluding carboxylic acids is 3. The molecule has 0 saturated carbocycles. The summed E-state index contributed by atoms with van der Waals surface area (Å²) in [5.74, 6) is -1.10. The number of likely N-dealkylation sites (N-methyl/N-ethyl adjacent to an activating group) is 1. The number of hydrogen-bond acceptors (Lipinski definition) is 7. The summed E-state index contributed by atoms with van der Waals surface area (Å²) in [4.78, 5) is 39.8. The van der Waals surface area contributed by atoms with Gasteiger partial charge in [0.1, 0.15) is 17.1 Å². The lowest BCUT2D eigenvalue weighted by Crippen LogP contribution is -2.51. The number of anilines is 1. The van der Waals surface area contributed by atoms with E-state index in [1.807, 2.05) is 50.2 Å². The van der Waals surface area contributed by atoms with Gasteiger partial charge in [-0.25, -0.2) is 4.39 Å². The Bertz CT molecular complexity index is 1680. The number of rotatable bonds is 8. The van der Waals surface area contributed by atoms with Crippen molar-refractivity contribution < 1.29 is 28.6 Å². The minimum Gasteiger partial charge on any atom is -0.496 e. The van der Waals surface area contributed by atoms with Gasteiger partial charge in [-0.05, 0) is 71.8 Å². The van der Waals surface area contributed by atoms with Gasteiger partial charge in [-0.1, -0.05) is 30.3 Å². The topological polar surface area (TPSA) is 123 Å². The molecule has 1 fully saturated rings. The van der Waals surface area contributed by atoms with E-state index < -0.39 is 24.0 Å². The standard InChI is InChI=1S/C34H38FN5O5/c1-19-23(21-14-28(35)26(30(15-21)45-5)17-36-22-12-13-31(41)37-16-22)8-6-9-24(19)25-10-7-11-29(20(25)2)38-32(42)27-18-39(3)34(44)40(4)33(27)43/h6-11,14-15,18,22,34,36,44H,12-13,16-17H2,1-5H3,(H,37,41)(H,38,42)/t22-,34?/m1/s1. The van der Waals surface area contributed by atoms with Gasteiger partial charge >= 0.3 is 0 Å². The Labute approximate surface area is 261 Å². The van der Waals surface area contributed by atoms with Crippen LogP contribution >= 0.6 is 0 Å². The highest BCUT2D eigenvalue weighted by Gasteiger charge is 2.32. The van der Waals surface area contributed by atoms with E-state index in [9.17, 15) is 19.5 Å². The lowest BCUT2D eigenvalue weighted by molar-refractivity contribution is -0.149. The molecule has 0 aromatic heterocycles. The largest absolute Gasteiger partial charge is 0.496 e. The van der Waals surface area contributed by atoms with Crippen LogP contribution in [0.4, 0.5) is 10.1 Å². The molecule has 3 aromatic carbocycles. The minimum absolute atomic E-state index is 0.0293. The van der Waals surface area contributed by atoms with Crippen LogP contribution in [-0.2, 0) is 20.9 Å². The lowest BCUT2D eigenvalue weighted by atomic mass is 9.90. The van der Waals surface area contributed by atoms with Gasteiger partial charge in [-0.15, -0.1) is 0 Å². The first-order valence-electron chi connectivity index (χ1n) is 14.8. The Morgan fingerprint density at radius 3 is 2.44 bits per heavy atom. The second kappa shape index (κ2) is 13.1. The Balaban J connectivity index is 1.41. The second-order valence-electron chi connectivity index (χ2n) is 11.4. The first kappa shape index (κ1) is 31.7. The van der Waals surface area contributed by atoms with Gasteiger partial charge in [-0.2, -0.15) is 0 Å². The van der Waals surface area contributed by atoms with Gasteiger partial charge < -0.3 is 30.7 Å². The zero-order valence-electron chi connectivity index (χ0n) is 26.0. The predicted molar refractivity (Wildman–Crippen MR) is 169 cm³/mol. The molecule has 2 atom stereocenters. The molecule has 5 rings (SSSR count). The number of benzene rings is 3. The summed E-state index contributed by atoms with van der Waals surface area (Å²) in [6.45, 7) is 4.63. The van der Waals surface area contributed by atoms with Crippen molar-refractivity contribution >= 4 is 23.4 Å². The van der Waals surface area contributed by atoms with Crippen LogP contribution in [0.5, 0.6) is 5.75 Å². The van der Waals surface area contributed by atoms with E-state index >= 15 is 4.39 Å². The summed E-state index contributed by atoms with van der Waals surface area (Å²) < 4.78 is 21.2. The van der Waals surface area contributed by atoms with Crippen LogP contribution in [0.3, 0.4) is 0 Å². The van der Waals surface area contributed by atoms with Crippen LogP contribution in [-0.4, -0.2) is 72.8 Å². The van der Waals surface area contributed by atoms with Crippen LogP contribution in [0.2, 0.25) is 0 Å². The maximum absolute atomic E-state index is 15.6.